The van der Waals surface area contributed by atoms with E-state index in [1.54, 1.807) is 13.2 Å². The zero-order valence-electron chi connectivity index (χ0n) is 11.1. The Morgan fingerprint density at radius 2 is 2.22 bits per heavy atom. The standard InChI is InChI=1S/C14H20N2O2/c1-9(2)6-10-8-15-13-7-11(18-3)4-5-12(13)14(17)16-10/h4-5,7,9-10,15H,6,8H2,1-3H3,(H,16,17). The third-order valence-electron chi connectivity index (χ3n) is 3.10. The highest BCUT2D eigenvalue weighted by atomic mass is 16.5. The van der Waals surface area contributed by atoms with Gasteiger partial charge in [-0.2, -0.15) is 0 Å². The van der Waals surface area contributed by atoms with E-state index in [0.717, 1.165) is 24.4 Å². The molecular weight excluding hydrogens is 228 g/mol. The lowest BCUT2D eigenvalue weighted by Gasteiger charge is -2.17. The fourth-order valence-electron chi connectivity index (χ4n) is 2.25. The van der Waals surface area contributed by atoms with Crippen molar-refractivity contribution >= 4 is 11.6 Å². The van der Waals surface area contributed by atoms with Crippen molar-refractivity contribution in [2.45, 2.75) is 26.3 Å². The van der Waals surface area contributed by atoms with Gasteiger partial charge in [0.05, 0.1) is 18.4 Å². The van der Waals surface area contributed by atoms with Crippen LogP contribution >= 0.6 is 0 Å². The lowest BCUT2D eigenvalue weighted by molar-refractivity contribution is 0.0938. The Balaban J connectivity index is 2.20. The van der Waals surface area contributed by atoms with Gasteiger partial charge in [0, 0.05) is 18.7 Å². The predicted molar refractivity (Wildman–Crippen MR) is 72.2 cm³/mol. The Kier molecular flexibility index (Phi) is 3.75. The van der Waals surface area contributed by atoms with E-state index in [0.29, 0.717) is 11.5 Å². The zero-order chi connectivity index (χ0) is 13.1. The van der Waals surface area contributed by atoms with Gasteiger partial charge in [0.25, 0.3) is 5.91 Å². The number of ether oxygens (including phenoxy) is 1. The van der Waals surface area contributed by atoms with Crippen LogP contribution in [-0.2, 0) is 0 Å². The van der Waals surface area contributed by atoms with Crippen molar-refractivity contribution in [3.8, 4) is 5.75 Å². The molecule has 0 spiro atoms. The average molecular weight is 248 g/mol. The van der Waals surface area contributed by atoms with Gasteiger partial charge in [0.1, 0.15) is 5.75 Å². The minimum Gasteiger partial charge on any atom is -0.497 e. The SMILES string of the molecule is COc1ccc2c(c1)NCC(CC(C)C)NC2=O. The summed E-state index contributed by atoms with van der Waals surface area (Å²) in [5.74, 6) is 1.31. The smallest absolute Gasteiger partial charge is 0.253 e. The topological polar surface area (TPSA) is 50.4 Å². The van der Waals surface area contributed by atoms with Crippen LogP contribution in [0.25, 0.3) is 0 Å². The van der Waals surface area contributed by atoms with Gasteiger partial charge in [-0.3, -0.25) is 4.79 Å². The number of carbonyl (C=O) groups is 1. The molecule has 0 saturated heterocycles. The summed E-state index contributed by atoms with van der Waals surface area (Å²) < 4.78 is 5.18. The van der Waals surface area contributed by atoms with Crippen LogP contribution in [0.2, 0.25) is 0 Å². The molecule has 18 heavy (non-hydrogen) atoms. The molecule has 1 heterocycles. The highest BCUT2D eigenvalue weighted by Crippen LogP contribution is 2.24. The molecule has 0 bridgehead atoms. The van der Waals surface area contributed by atoms with E-state index in [4.69, 9.17) is 4.74 Å². The molecule has 2 N–H and O–H groups in total. The molecule has 1 aliphatic heterocycles. The van der Waals surface area contributed by atoms with Gasteiger partial charge >= 0.3 is 0 Å². The van der Waals surface area contributed by atoms with E-state index >= 15 is 0 Å². The van der Waals surface area contributed by atoms with Gasteiger partial charge in [0.2, 0.25) is 0 Å². The van der Waals surface area contributed by atoms with Gasteiger partial charge in [-0.05, 0) is 24.5 Å². The summed E-state index contributed by atoms with van der Waals surface area (Å²) in [5.41, 5.74) is 1.53. The monoisotopic (exact) mass is 248 g/mol. The van der Waals surface area contributed by atoms with Gasteiger partial charge in [-0.1, -0.05) is 13.8 Å². The summed E-state index contributed by atoms with van der Waals surface area (Å²) >= 11 is 0. The van der Waals surface area contributed by atoms with Crippen LogP contribution in [0.1, 0.15) is 30.6 Å². The summed E-state index contributed by atoms with van der Waals surface area (Å²) in [4.78, 5) is 12.1. The van der Waals surface area contributed by atoms with Crippen LogP contribution in [0.5, 0.6) is 5.75 Å². The molecule has 0 fully saturated rings. The van der Waals surface area contributed by atoms with Gasteiger partial charge < -0.3 is 15.4 Å². The highest BCUT2D eigenvalue weighted by Gasteiger charge is 2.22. The summed E-state index contributed by atoms with van der Waals surface area (Å²) in [6.45, 7) is 5.07. The maximum atomic E-state index is 12.1. The van der Waals surface area contributed by atoms with Crippen LogP contribution in [0.3, 0.4) is 0 Å². The molecule has 1 aromatic rings. The second kappa shape index (κ2) is 5.29. The number of amides is 1. The van der Waals surface area contributed by atoms with Crippen molar-refractivity contribution in [2.75, 3.05) is 19.0 Å². The van der Waals surface area contributed by atoms with Gasteiger partial charge in [-0.25, -0.2) is 0 Å². The van der Waals surface area contributed by atoms with E-state index in [1.807, 2.05) is 12.1 Å². The number of carbonyl (C=O) groups excluding carboxylic acids is 1. The largest absolute Gasteiger partial charge is 0.497 e. The van der Waals surface area contributed by atoms with Crippen molar-refractivity contribution in [2.24, 2.45) is 5.92 Å². The minimum atomic E-state index is -0.0108. The van der Waals surface area contributed by atoms with E-state index in [1.165, 1.54) is 0 Å². The molecule has 1 aliphatic rings. The first-order valence-corrected chi connectivity index (χ1v) is 6.33. The summed E-state index contributed by atoms with van der Waals surface area (Å²) in [6.07, 6.45) is 0.976. The average Bonchev–Trinajstić information content (AvgIpc) is 2.48. The zero-order valence-corrected chi connectivity index (χ0v) is 11.1. The molecule has 2 rings (SSSR count). The van der Waals surface area contributed by atoms with Crippen LogP contribution in [0.4, 0.5) is 5.69 Å². The van der Waals surface area contributed by atoms with Crippen molar-refractivity contribution in [3.63, 3.8) is 0 Å². The second-order valence-electron chi connectivity index (χ2n) is 5.09. The van der Waals surface area contributed by atoms with Crippen molar-refractivity contribution in [1.29, 1.82) is 0 Å². The minimum absolute atomic E-state index is 0.0108. The second-order valence-corrected chi connectivity index (χ2v) is 5.09. The Hall–Kier alpha value is -1.71. The number of hydrogen-bond acceptors (Lipinski definition) is 3. The van der Waals surface area contributed by atoms with E-state index in [2.05, 4.69) is 24.5 Å². The predicted octanol–water partition coefficient (Wildman–Crippen LogP) is 2.27. The normalized spacial score (nSPS) is 18.7. The molecule has 1 atom stereocenters. The summed E-state index contributed by atoms with van der Waals surface area (Å²) in [5, 5.41) is 6.38. The fraction of sp³-hybridized carbons (Fsp3) is 0.500. The Morgan fingerprint density at radius 1 is 1.44 bits per heavy atom. The molecule has 0 aliphatic carbocycles. The maximum Gasteiger partial charge on any atom is 0.253 e. The Bertz CT molecular complexity index is 443. The van der Waals surface area contributed by atoms with E-state index in [-0.39, 0.29) is 11.9 Å². The third-order valence-corrected chi connectivity index (χ3v) is 3.10. The van der Waals surface area contributed by atoms with Crippen molar-refractivity contribution < 1.29 is 9.53 Å². The first-order chi connectivity index (χ1) is 8.60. The number of benzene rings is 1. The molecular formula is C14H20N2O2. The molecule has 1 aromatic carbocycles. The Morgan fingerprint density at radius 3 is 2.89 bits per heavy atom. The highest BCUT2D eigenvalue weighted by molar-refractivity contribution is 6.00. The van der Waals surface area contributed by atoms with Crippen LogP contribution in [-0.4, -0.2) is 25.6 Å². The number of hydrogen-bond donors (Lipinski definition) is 2. The molecule has 98 valence electrons. The molecule has 1 unspecified atom stereocenters. The number of rotatable bonds is 3. The van der Waals surface area contributed by atoms with Gasteiger partial charge in [0.15, 0.2) is 0 Å². The Labute approximate surface area is 108 Å². The van der Waals surface area contributed by atoms with Crippen molar-refractivity contribution in [1.82, 2.24) is 5.32 Å². The number of nitrogens with one attached hydrogen (secondary N) is 2. The third kappa shape index (κ3) is 2.75. The lowest BCUT2D eigenvalue weighted by Crippen LogP contribution is -2.37. The first-order valence-electron chi connectivity index (χ1n) is 6.33. The lowest BCUT2D eigenvalue weighted by atomic mass is 10.0. The maximum absolute atomic E-state index is 12.1. The quantitative estimate of drug-likeness (QED) is 0.862. The first kappa shape index (κ1) is 12.7. The van der Waals surface area contributed by atoms with Gasteiger partial charge in [-0.15, -0.1) is 0 Å². The number of anilines is 1. The van der Waals surface area contributed by atoms with Crippen LogP contribution in [0.15, 0.2) is 18.2 Å². The summed E-state index contributed by atoms with van der Waals surface area (Å²) in [7, 11) is 1.63. The van der Waals surface area contributed by atoms with E-state index < -0.39 is 0 Å². The molecule has 4 nitrogen and oxygen atoms in total. The van der Waals surface area contributed by atoms with E-state index in [9.17, 15) is 4.79 Å². The molecule has 1 amide bonds. The van der Waals surface area contributed by atoms with Crippen LogP contribution in [0, 0.1) is 5.92 Å². The molecule has 0 aromatic heterocycles. The van der Waals surface area contributed by atoms with Crippen LogP contribution < -0.4 is 15.4 Å². The molecule has 4 heteroatoms. The number of fused-ring (bicyclic) bond motifs is 1. The fourth-order valence-corrected chi connectivity index (χ4v) is 2.25. The molecule has 0 saturated carbocycles. The number of methoxy groups -OCH3 is 1. The molecule has 0 radical (unpaired) electrons. The summed E-state index contributed by atoms with van der Waals surface area (Å²) in [6, 6.07) is 5.65. The van der Waals surface area contributed by atoms with Crippen molar-refractivity contribution in [3.05, 3.63) is 23.8 Å².